The molecule has 1 aromatic heterocycles. The molecule has 1 heterocycles. The minimum Gasteiger partial charge on any atom is -0.467 e. The number of methoxy groups -OCH3 is 2. The molecule has 2 rings (SSSR count). The van der Waals surface area contributed by atoms with Gasteiger partial charge in [-0.25, -0.2) is 0 Å². The summed E-state index contributed by atoms with van der Waals surface area (Å²) in [6, 6.07) is 8.00. The molecular formula is C13H16N4O3. The highest BCUT2D eigenvalue weighted by Gasteiger charge is 2.09. The van der Waals surface area contributed by atoms with Crippen molar-refractivity contribution in [1.29, 1.82) is 0 Å². The number of aromatic nitrogens is 3. The zero-order valence-corrected chi connectivity index (χ0v) is 11.6. The summed E-state index contributed by atoms with van der Waals surface area (Å²) in [6.45, 7) is 0.799. The lowest BCUT2D eigenvalue weighted by molar-refractivity contribution is 0.320. The number of nitrogens with zero attached hydrogens (tertiary/aromatic N) is 3. The molecule has 0 amide bonds. The Morgan fingerprint density at radius 3 is 1.95 bits per heavy atom. The SMILES string of the molecule is CNCc1ccc(Oc2nc(OC)nc(OC)n2)cc1. The number of benzene rings is 1. The van der Waals surface area contributed by atoms with Gasteiger partial charge in [0.25, 0.3) is 0 Å². The molecule has 0 bridgehead atoms. The first-order valence-electron chi connectivity index (χ1n) is 6.00. The second-order valence-electron chi connectivity index (χ2n) is 3.87. The van der Waals surface area contributed by atoms with Crippen LogP contribution in [-0.2, 0) is 6.54 Å². The zero-order chi connectivity index (χ0) is 14.4. The summed E-state index contributed by atoms with van der Waals surface area (Å²) in [7, 11) is 4.82. The van der Waals surface area contributed by atoms with Crippen molar-refractivity contribution < 1.29 is 14.2 Å². The van der Waals surface area contributed by atoms with Crippen LogP contribution < -0.4 is 19.5 Å². The zero-order valence-electron chi connectivity index (χ0n) is 11.6. The average molecular weight is 276 g/mol. The second-order valence-corrected chi connectivity index (χ2v) is 3.87. The first-order chi connectivity index (χ1) is 9.75. The Labute approximate surface area is 116 Å². The molecule has 0 fully saturated rings. The Morgan fingerprint density at radius 1 is 0.900 bits per heavy atom. The van der Waals surface area contributed by atoms with Crippen molar-refractivity contribution in [3.63, 3.8) is 0 Å². The summed E-state index contributed by atoms with van der Waals surface area (Å²) < 4.78 is 15.5. The van der Waals surface area contributed by atoms with Gasteiger partial charge in [0.1, 0.15) is 5.75 Å². The Morgan fingerprint density at radius 2 is 1.45 bits per heavy atom. The van der Waals surface area contributed by atoms with Crippen LogP contribution >= 0.6 is 0 Å². The van der Waals surface area contributed by atoms with Crippen LogP contribution in [0, 0.1) is 0 Å². The van der Waals surface area contributed by atoms with Gasteiger partial charge in [-0.05, 0) is 24.7 Å². The molecule has 0 atom stereocenters. The first kappa shape index (κ1) is 14.0. The van der Waals surface area contributed by atoms with Gasteiger partial charge in [-0.15, -0.1) is 15.0 Å². The van der Waals surface area contributed by atoms with Gasteiger partial charge < -0.3 is 19.5 Å². The summed E-state index contributed by atoms with van der Waals surface area (Å²) in [5.41, 5.74) is 1.16. The van der Waals surface area contributed by atoms with Gasteiger partial charge in [-0.1, -0.05) is 12.1 Å². The van der Waals surface area contributed by atoms with E-state index < -0.39 is 0 Å². The summed E-state index contributed by atoms with van der Waals surface area (Å²) in [6.07, 6.45) is 0. The highest BCUT2D eigenvalue weighted by Crippen LogP contribution is 2.21. The lowest BCUT2D eigenvalue weighted by Gasteiger charge is -2.07. The highest BCUT2D eigenvalue weighted by atomic mass is 16.5. The molecule has 0 radical (unpaired) electrons. The highest BCUT2D eigenvalue weighted by molar-refractivity contribution is 5.29. The van der Waals surface area contributed by atoms with Crippen molar-refractivity contribution in [2.45, 2.75) is 6.54 Å². The van der Waals surface area contributed by atoms with E-state index in [9.17, 15) is 0 Å². The number of ether oxygens (including phenoxy) is 3. The molecule has 0 unspecified atom stereocenters. The second kappa shape index (κ2) is 6.67. The van der Waals surface area contributed by atoms with Gasteiger partial charge in [0.2, 0.25) is 0 Å². The van der Waals surface area contributed by atoms with E-state index in [0.29, 0.717) is 5.75 Å². The summed E-state index contributed by atoms with van der Waals surface area (Å²) in [5.74, 6) is 0.625. The lowest BCUT2D eigenvalue weighted by atomic mass is 10.2. The van der Waals surface area contributed by atoms with Crippen molar-refractivity contribution in [3.05, 3.63) is 29.8 Å². The lowest BCUT2D eigenvalue weighted by Crippen LogP contribution is -2.04. The van der Waals surface area contributed by atoms with Crippen molar-refractivity contribution >= 4 is 0 Å². The quantitative estimate of drug-likeness (QED) is 0.854. The molecular weight excluding hydrogens is 260 g/mol. The monoisotopic (exact) mass is 276 g/mol. The van der Waals surface area contributed by atoms with Crippen LogP contribution in [0.2, 0.25) is 0 Å². The van der Waals surface area contributed by atoms with Crippen LogP contribution in [0.25, 0.3) is 0 Å². The van der Waals surface area contributed by atoms with E-state index in [0.717, 1.165) is 12.1 Å². The number of rotatable bonds is 6. The van der Waals surface area contributed by atoms with Gasteiger partial charge in [0, 0.05) is 6.54 Å². The standard InChI is InChI=1S/C13H16N4O3/c1-14-8-9-4-6-10(7-5-9)20-13-16-11(18-2)15-12(17-13)19-3/h4-7,14H,8H2,1-3H3. The molecule has 20 heavy (non-hydrogen) atoms. The van der Waals surface area contributed by atoms with Crippen LogP contribution in [-0.4, -0.2) is 36.2 Å². The molecule has 0 saturated carbocycles. The number of hydrogen-bond acceptors (Lipinski definition) is 7. The Hall–Kier alpha value is -2.41. The summed E-state index contributed by atoms with van der Waals surface area (Å²) in [4.78, 5) is 11.9. The van der Waals surface area contributed by atoms with Crippen LogP contribution in [0.3, 0.4) is 0 Å². The van der Waals surface area contributed by atoms with Crippen molar-refractivity contribution in [3.8, 4) is 23.8 Å². The Bertz CT molecular complexity index is 538. The molecule has 0 aliphatic carbocycles. The molecule has 7 nitrogen and oxygen atoms in total. The van der Waals surface area contributed by atoms with Crippen molar-refractivity contribution in [1.82, 2.24) is 20.3 Å². The average Bonchev–Trinajstić information content (AvgIpc) is 2.49. The molecule has 0 spiro atoms. The van der Waals surface area contributed by atoms with Crippen molar-refractivity contribution in [2.24, 2.45) is 0 Å². The minimum atomic E-state index is 0.120. The fourth-order valence-electron chi connectivity index (χ4n) is 1.53. The third-order valence-electron chi connectivity index (χ3n) is 2.45. The predicted molar refractivity (Wildman–Crippen MR) is 72.2 cm³/mol. The van der Waals surface area contributed by atoms with Crippen LogP contribution in [0.1, 0.15) is 5.56 Å². The van der Waals surface area contributed by atoms with E-state index in [1.807, 2.05) is 31.3 Å². The minimum absolute atomic E-state index is 0.120. The Kier molecular flexibility index (Phi) is 4.67. The normalized spacial score (nSPS) is 10.2. The summed E-state index contributed by atoms with van der Waals surface area (Å²) >= 11 is 0. The fourth-order valence-corrected chi connectivity index (χ4v) is 1.53. The fraction of sp³-hybridized carbons (Fsp3) is 0.308. The van der Waals surface area contributed by atoms with E-state index in [1.165, 1.54) is 14.2 Å². The summed E-state index contributed by atoms with van der Waals surface area (Å²) in [5, 5.41) is 3.08. The van der Waals surface area contributed by atoms with Crippen LogP contribution in [0.5, 0.6) is 23.8 Å². The van der Waals surface area contributed by atoms with E-state index in [2.05, 4.69) is 20.3 Å². The maximum Gasteiger partial charge on any atom is 0.331 e. The molecule has 106 valence electrons. The third-order valence-corrected chi connectivity index (χ3v) is 2.45. The molecule has 7 heteroatoms. The van der Waals surface area contributed by atoms with Gasteiger partial charge in [0.05, 0.1) is 14.2 Å². The van der Waals surface area contributed by atoms with E-state index >= 15 is 0 Å². The van der Waals surface area contributed by atoms with E-state index in [-0.39, 0.29) is 18.0 Å². The molecule has 0 aliphatic rings. The largest absolute Gasteiger partial charge is 0.467 e. The Balaban J connectivity index is 2.16. The third kappa shape index (κ3) is 3.55. The number of nitrogens with one attached hydrogen (secondary N) is 1. The molecule has 1 N–H and O–H groups in total. The maximum absolute atomic E-state index is 5.55. The van der Waals surface area contributed by atoms with Gasteiger partial charge in [-0.3, -0.25) is 0 Å². The van der Waals surface area contributed by atoms with Crippen LogP contribution in [0.15, 0.2) is 24.3 Å². The topological polar surface area (TPSA) is 78.4 Å². The van der Waals surface area contributed by atoms with E-state index in [4.69, 9.17) is 14.2 Å². The molecule has 0 saturated heterocycles. The smallest absolute Gasteiger partial charge is 0.331 e. The first-order valence-corrected chi connectivity index (χ1v) is 6.00. The molecule has 0 aliphatic heterocycles. The van der Waals surface area contributed by atoms with Gasteiger partial charge >= 0.3 is 18.0 Å². The maximum atomic E-state index is 5.55. The van der Waals surface area contributed by atoms with E-state index in [1.54, 1.807) is 0 Å². The van der Waals surface area contributed by atoms with Crippen molar-refractivity contribution in [2.75, 3.05) is 21.3 Å². The van der Waals surface area contributed by atoms with Gasteiger partial charge in [0.15, 0.2) is 0 Å². The van der Waals surface area contributed by atoms with Crippen LogP contribution in [0.4, 0.5) is 0 Å². The van der Waals surface area contributed by atoms with Gasteiger partial charge in [-0.2, -0.15) is 0 Å². The predicted octanol–water partition coefficient (Wildman–Crippen LogP) is 1.40. The molecule has 1 aromatic carbocycles. The number of hydrogen-bond donors (Lipinski definition) is 1. The molecule has 2 aromatic rings.